The van der Waals surface area contributed by atoms with E-state index in [0.717, 1.165) is 36.7 Å². The lowest BCUT2D eigenvalue weighted by Crippen LogP contribution is -1.80. The maximum Gasteiger partial charge on any atom is 0.124 e. The Kier molecular flexibility index (Phi) is 3.75. The molecular formula is C15H8ClN3S3. The van der Waals surface area contributed by atoms with E-state index in [9.17, 15) is 0 Å². The van der Waals surface area contributed by atoms with Crippen molar-refractivity contribution >= 4 is 45.8 Å². The standard InChI is InChI=1S/C15H8ClN3S3/c16-14-6-5-13(22-14)12-7-20-15(17-12)10-3-1-9(2-4-10)11-8-21-19-18-11/h1-8H. The van der Waals surface area contributed by atoms with Crippen molar-refractivity contribution < 1.29 is 0 Å². The number of thiazole rings is 1. The minimum Gasteiger partial charge on any atom is -0.235 e. The first-order valence-corrected chi connectivity index (χ1v) is 9.30. The molecule has 0 aliphatic heterocycles. The summed E-state index contributed by atoms with van der Waals surface area (Å²) >= 11 is 10.5. The number of thiophene rings is 1. The summed E-state index contributed by atoms with van der Waals surface area (Å²) in [5, 5.41) is 9.09. The SMILES string of the molecule is Clc1ccc(-c2csc(-c3ccc(-c4csnn4)cc3)n2)s1. The van der Waals surface area contributed by atoms with Crippen LogP contribution in [0.15, 0.2) is 47.2 Å². The van der Waals surface area contributed by atoms with E-state index in [4.69, 9.17) is 16.6 Å². The second-order valence-electron chi connectivity index (χ2n) is 4.51. The largest absolute Gasteiger partial charge is 0.235 e. The van der Waals surface area contributed by atoms with Crippen LogP contribution in [0.3, 0.4) is 0 Å². The minimum absolute atomic E-state index is 0.783. The average Bonchev–Trinajstić information content (AvgIpc) is 3.28. The average molecular weight is 362 g/mol. The molecule has 3 nitrogen and oxygen atoms in total. The summed E-state index contributed by atoms with van der Waals surface area (Å²) in [6.07, 6.45) is 0. The highest BCUT2D eigenvalue weighted by molar-refractivity contribution is 7.20. The maximum atomic E-state index is 5.98. The number of nitrogens with zero attached hydrogens (tertiary/aromatic N) is 3. The fourth-order valence-electron chi connectivity index (χ4n) is 2.05. The van der Waals surface area contributed by atoms with E-state index in [1.165, 1.54) is 11.5 Å². The van der Waals surface area contributed by atoms with Crippen molar-refractivity contribution in [2.45, 2.75) is 0 Å². The fourth-order valence-corrected chi connectivity index (χ4v) is 4.42. The maximum absolute atomic E-state index is 5.98. The van der Waals surface area contributed by atoms with Crippen LogP contribution in [0.5, 0.6) is 0 Å². The highest BCUT2D eigenvalue weighted by atomic mass is 35.5. The number of benzene rings is 1. The van der Waals surface area contributed by atoms with Gasteiger partial charge in [-0.25, -0.2) is 4.98 Å². The molecule has 0 aliphatic rings. The van der Waals surface area contributed by atoms with Crippen molar-refractivity contribution in [1.29, 1.82) is 0 Å². The topological polar surface area (TPSA) is 38.7 Å². The summed E-state index contributed by atoms with van der Waals surface area (Å²) in [6.45, 7) is 0. The van der Waals surface area contributed by atoms with Gasteiger partial charge in [-0.2, -0.15) is 0 Å². The summed E-state index contributed by atoms with van der Waals surface area (Å²) in [4.78, 5) is 5.80. The molecule has 4 rings (SSSR count). The Morgan fingerprint density at radius 1 is 0.864 bits per heavy atom. The van der Waals surface area contributed by atoms with Gasteiger partial charge in [-0.05, 0) is 23.7 Å². The molecule has 0 amide bonds. The molecule has 3 aromatic heterocycles. The van der Waals surface area contributed by atoms with Crippen molar-refractivity contribution in [3.63, 3.8) is 0 Å². The van der Waals surface area contributed by atoms with Gasteiger partial charge in [-0.3, -0.25) is 0 Å². The number of hydrogen-bond donors (Lipinski definition) is 0. The lowest BCUT2D eigenvalue weighted by Gasteiger charge is -1.98. The second kappa shape index (κ2) is 5.89. The van der Waals surface area contributed by atoms with E-state index in [1.807, 2.05) is 17.5 Å². The molecule has 7 heteroatoms. The van der Waals surface area contributed by atoms with Crippen LogP contribution >= 0.6 is 45.8 Å². The molecule has 108 valence electrons. The van der Waals surface area contributed by atoms with Crippen LogP contribution < -0.4 is 0 Å². The Morgan fingerprint density at radius 2 is 1.68 bits per heavy atom. The lowest BCUT2D eigenvalue weighted by molar-refractivity contribution is 1.16. The Morgan fingerprint density at radius 3 is 2.36 bits per heavy atom. The number of hydrogen-bond acceptors (Lipinski definition) is 6. The lowest BCUT2D eigenvalue weighted by atomic mass is 10.1. The van der Waals surface area contributed by atoms with Crippen LogP contribution in [-0.4, -0.2) is 14.6 Å². The molecule has 0 saturated carbocycles. The van der Waals surface area contributed by atoms with Crippen LogP contribution in [0.25, 0.3) is 32.4 Å². The van der Waals surface area contributed by atoms with Gasteiger partial charge >= 0.3 is 0 Å². The number of rotatable bonds is 3. The quantitative estimate of drug-likeness (QED) is 0.469. The molecule has 0 N–H and O–H groups in total. The summed E-state index contributed by atoms with van der Waals surface area (Å²) in [7, 11) is 0. The molecule has 0 atom stereocenters. The third-order valence-corrected chi connectivity index (χ3v) is 5.77. The normalized spacial score (nSPS) is 11.0. The smallest absolute Gasteiger partial charge is 0.124 e. The molecule has 3 heterocycles. The molecule has 0 radical (unpaired) electrons. The van der Waals surface area contributed by atoms with Crippen LogP contribution in [0.4, 0.5) is 0 Å². The number of halogens is 1. The Hall–Kier alpha value is -1.60. The van der Waals surface area contributed by atoms with Gasteiger partial charge in [0.25, 0.3) is 0 Å². The van der Waals surface area contributed by atoms with Gasteiger partial charge in [0.15, 0.2) is 0 Å². The molecule has 0 aliphatic carbocycles. The van der Waals surface area contributed by atoms with Crippen LogP contribution in [0.2, 0.25) is 4.34 Å². The third-order valence-electron chi connectivity index (χ3n) is 3.12. The van der Waals surface area contributed by atoms with E-state index in [0.29, 0.717) is 0 Å². The molecular weight excluding hydrogens is 354 g/mol. The molecule has 22 heavy (non-hydrogen) atoms. The van der Waals surface area contributed by atoms with Gasteiger partial charge in [0.1, 0.15) is 10.7 Å². The first kappa shape index (κ1) is 14.0. The number of aromatic nitrogens is 3. The van der Waals surface area contributed by atoms with E-state index in [1.54, 1.807) is 22.7 Å². The van der Waals surface area contributed by atoms with Crippen molar-refractivity contribution in [3.05, 3.63) is 51.5 Å². The summed E-state index contributed by atoms with van der Waals surface area (Å²) in [5.74, 6) is 0. The van der Waals surface area contributed by atoms with Gasteiger partial charge in [0.2, 0.25) is 0 Å². The van der Waals surface area contributed by atoms with Gasteiger partial charge in [0, 0.05) is 21.9 Å². The van der Waals surface area contributed by atoms with Gasteiger partial charge in [-0.15, -0.1) is 27.8 Å². The Labute approximate surface area is 144 Å². The predicted molar refractivity (Wildman–Crippen MR) is 94.8 cm³/mol. The van der Waals surface area contributed by atoms with E-state index in [-0.39, 0.29) is 0 Å². The Bertz CT molecular complexity index is 894. The first-order chi connectivity index (χ1) is 10.8. The molecule has 4 aromatic rings. The zero-order valence-electron chi connectivity index (χ0n) is 11.1. The van der Waals surface area contributed by atoms with Crippen LogP contribution in [0, 0.1) is 0 Å². The minimum atomic E-state index is 0.783. The van der Waals surface area contributed by atoms with Gasteiger partial charge in [-0.1, -0.05) is 40.4 Å². The molecule has 0 saturated heterocycles. The molecule has 1 aromatic carbocycles. The Balaban J connectivity index is 1.64. The second-order valence-corrected chi connectivity index (χ2v) is 7.69. The monoisotopic (exact) mass is 361 g/mol. The van der Waals surface area contributed by atoms with Crippen molar-refractivity contribution in [3.8, 4) is 32.4 Å². The fraction of sp³-hybridized carbons (Fsp3) is 0. The zero-order valence-corrected chi connectivity index (χ0v) is 14.3. The summed E-state index contributed by atoms with van der Waals surface area (Å²) in [5.41, 5.74) is 4.06. The van der Waals surface area contributed by atoms with Crippen molar-refractivity contribution in [2.75, 3.05) is 0 Å². The highest BCUT2D eigenvalue weighted by Crippen LogP contribution is 2.34. The predicted octanol–water partition coefficient (Wildman–Crippen LogP) is 5.71. The highest BCUT2D eigenvalue weighted by Gasteiger charge is 2.09. The van der Waals surface area contributed by atoms with E-state index in [2.05, 4.69) is 39.2 Å². The zero-order chi connectivity index (χ0) is 14.9. The molecule has 0 fully saturated rings. The van der Waals surface area contributed by atoms with E-state index < -0.39 is 0 Å². The third kappa shape index (κ3) is 2.70. The summed E-state index contributed by atoms with van der Waals surface area (Å²) < 4.78 is 4.67. The summed E-state index contributed by atoms with van der Waals surface area (Å²) in [6, 6.07) is 12.1. The molecule has 0 unspecified atom stereocenters. The molecule has 0 bridgehead atoms. The van der Waals surface area contributed by atoms with E-state index >= 15 is 0 Å². The van der Waals surface area contributed by atoms with Crippen molar-refractivity contribution in [1.82, 2.24) is 14.6 Å². The molecule has 0 spiro atoms. The van der Waals surface area contributed by atoms with Gasteiger partial charge in [0.05, 0.1) is 14.9 Å². The first-order valence-electron chi connectivity index (χ1n) is 6.39. The van der Waals surface area contributed by atoms with Crippen LogP contribution in [0.1, 0.15) is 0 Å². The van der Waals surface area contributed by atoms with Gasteiger partial charge < -0.3 is 0 Å². The van der Waals surface area contributed by atoms with Crippen molar-refractivity contribution in [2.24, 2.45) is 0 Å². The van der Waals surface area contributed by atoms with Crippen LogP contribution in [-0.2, 0) is 0 Å².